The van der Waals surface area contributed by atoms with Crippen LogP contribution >= 0.6 is 0 Å². The second kappa shape index (κ2) is 7.40. The number of para-hydroxylation sites is 1. The van der Waals surface area contributed by atoms with Gasteiger partial charge in [-0.15, -0.1) is 0 Å². The molecule has 0 aliphatic carbocycles. The van der Waals surface area contributed by atoms with E-state index in [1.165, 1.54) is 10.4 Å². The average Bonchev–Trinajstić information content (AvgIpc) is 3.55. The van der Waals surface area contributed by atoms with Crippen LogP contribution in [-0.4, -0.2) is 61.9 Å². The molecule has 2 atom stereocenters. The Kier molecular flexibility index (Phi) is 4.38. The summed E-state index contributed by atoms with van der Waals surface area (Å²) in [6.45, 7) is 5.30. The number of fused-ring (bicyclic) bond motifs is 2. The number of carbonyl (C=O) groups excluding carboxylic acids is 1. The third kappa shape index (κ3) is 3.19. The van der Waals surface area contributed by atoms with Gasteiger partial charge in [0.1, 0.15) is 0 Å². The lowest BCUT2D eigenvalue weighted by atomic mass is 10.0. The molecule has 160 valence electrons. The summed E-state index contributed by atoms with van der Waals surface area (Å²) in [7, 11) is 0. The van der Waals surface area contributed by atoms with E-state index in [1.807, 2.05) is 35.4 Å². The van der Waals surface area contributed by atoms with E-state index in [0.29, 0.717) is 23.1 Å². The molecule has 0 radical (unpaired) electrons. The van der Waals surface area contributed by atoms with Gasteiger partial charge >= 0.3 is 0 Å². The van der Waals surface area contributed by atoms with Crippen molar-refractivity contribution in [2.45, 2.75) is 6.92 Å². The quantitative estimate of drug-likeness (QED) is 0.502. The molecule has 2 aliphatic rings. The lowest BCUT2D eigenvalue weighted by Crippen LogP contribution is -2.34. The third-order valence-electron chi connectivity index (χ3n) is 6.55. The fraction of sp³-hybridized carbons (Fsp3) is 0.292. The maximum absolute atomic E-state index is 13.3. The Balaban J connectivity index is 1.18. The van der Waals surface area contributed by atoms with Crippen LogP contribution in [0.25, 0.3) is 16.6 Å². The molecular weight excluding hydrogens is 402 g/mol. The Bertz CT molecular complexity index is 1290. The second-order valence-electron chi connectivity index (χ2n) is 8.70. The minimum Gasteiger partial charge on any atom is -0.340 e. The van der Waals surface area contributed by atoms with Crippen LogP contribution in [-0.2, 0) is 0 Å². The average molecular weight is 425 g/mol. The summed E-state index contributed by atoms with van der Waals surface area (Å²) in [5.41, 5.74) is 3.52. The molecule has 2 aromatic carbocycles. The summed E-state index contributed by atoms with van der Waals surface area (Å²) in [5, 5.41) is 9.46. The summed E-state index contributed by atoms with van der Waals surface area (Å²) in [4.78, 5) is 28.5. The number of amides is 1. The van der Waals surface area contributed by atoms with Crippen molar-refractivity contribution < 1.29 is 4.79 Å². The Morgan fingerprint density at radius 3 is 2.50 bits per heavy atom. The van der Waals surface area contributed by atoms with Crippen molar-refractivity contribution in [3.05, 3.63) is 72.2 Å². The predicted molar refractivity (Wildman–Crippen MR) is 121 cm³/mol. The zero-order valence-electron chi connectivity index (χ0n) is 17.8. The van der Waals surface area contributed by atoms with E-state index in [2.05, 4.69) is 45.2 Å². The highest BCUT2D eigenvalue weighted by molar-refractivity contribution is 5.98. The van der Waals surface area contributed by atoms with Gasteiger partial charge in [0.05, 0.1) is 29.2 Å². The van der Waals surface area contributed by atoms with Gasteiger partial charge in [-0.05, 0) is 31.2 Å². The molecule has 32 heavy (non-hydrogen) atoms. The number of hydrogen-bond donors (Lipinski definition) is 0. The van der Waals surface area contributed by atoms with Gasteiger partial charge in [0, 0.05) is 49.6 Å². The van der Waals surface area contributed by atoms with Crippen LogP contribution in [0.5, 0.6) is 0 Å². The molecule has 8 nitrogen and oxygen atoms in total. The fourth-order valence-electron chi connectivity index (χ4n) is 4.96. The van der Waals surface area contributed by atoms with Crippen LogP contribution in [0, 0.1) is 18.8 Å². The Morgan fingerprint density at radius 1 is 0.969 bits per heavy atom. The molecule has 0 bridgehead atoms. The molecule has 2 fully saturated rings. The SMILES string of the molecule is Cc1ccc2nc(N3CC4CN(C(=O)c5ccccc5-n5nccn5)CC4C3)ncc2c1. The summed E-state index contributed by atoms with van der Waals surface area (Å²) < 4.78 is 0. The lowest BCUT2D eigenvalue weighted by molar-refractivity contribution is 0.0782. The lowest BCUT2D eigenvalue weighted by Gasteiger charge is -2.22. The van der Waals surface area contributed by atoms with Crippen LogP contribution in [0.3, 0.4) is 0 Å². The number of nitrogens with zero attached hydrogens (tertiary/aromatic N) is 7. The summed E-state index contributed by atoms with van der Waals surface area (Å²) in [5.74, 6) is 1.66. The third-order valence-corrected chi connectivity index (χ3v) is 6.55. The van der Waals surface area contributed by atoms with E-state index in [-0.39, 0.29) is 5.91 Å². The summed E-state index contributed by atoms with van der Waals surface area (Å²) >= 11 is 0. The number of benzene rings is 2. The van der Waals surface area contributed by atoms with Gasteiger partial charge in [0.2, 0.25) is 5.95 Å². The number of rotatable bonds is 3. The minimum absolute atomic E-state index is 0.0381. The Hall–Kier alpha value is -3.81. The van der Waals surface area contributed by atoms with E-state index < -0.39 is 0 Å². The number of aromatic nitrogens is 5. The smallest absolute Gasteiger partial charge is 0.256 e. The van der Waals surface area contributed by atoms with Crippen molar-refractivity contribution in [3.63, 3.8) is 0 Å². The largest absolute Gasteiger partial charge is 0.340 e. The summed E-state index contributed by atoms with van der Waals surface area (Å²) in [6, 6.07) is 13.8. The first kappa shape index (κ1) is 18.9. The maximum atomic E-state index is 13.3. The number of anilines is 1. The summed E-state index contributed by atoms with van der Waals surface area (Å²) in [6.07, 6.45) is 5.15. The maximum Gasteiger partial charge on any atom is 0.256 e. The van der Waals surface area contributed by atoms with Crippen molar-refractivity contribution in [2.75, 3.05) is 31.1 Å². The molecule has 2 aromatic heterocycles. The van der Waals surface area contributed by atoms with Crippen molar-refractivity contribution in [1.82, 2.24) is 29.9 Å². The van der Waals surface area contributed by atoms with Gasteiger partial charge in [-0.1, -0.05) is 23.8 Å². The number of hydrogen-bond acceptors (Lipinski definition) is 6. The molecule has 1 amide bonds. The molecule has 2 unspecified atom stereocenters. The minimum atomic E-state index is 0.0381. The van der Waals surface area contributed by atoms with E-state index in [0.717, 1.165) is 43.0 Å². The molecule has 2 saturated heterocycles. The Labute approximate surface area is 185 Å². The molecule has 0 N–H and O–H groups in total. The molecule has 0 saturated carbocycles. The van der Waals surface area contributed by atoms with Crippen molar-refractivity contribution in [1.29, 1.82) is 0 Å². The molecule has 4 heterocycles. The van der Waals surface area contributed by atoms with E-state index in [9.17, 15) is 4.79 Å². The van der Waals surface area contributed by atoms with Crippen molar-refractivity contribution in [3.8, 4) is 5.69 Å². The van der Waals surface area contributed by atoms with E-state index in [4.69, 9.17) is 4.98 Å². The molecule has 8 heteroatoms. The van der Waals surface area contributed by atoms with E-state index in [1.54, 1.807) is 12.4 Å². The number of aryl methyl sites for hydroxylation is 1. The molecule has 6 rings (SSSR count). The van der Waals surface area contributed by atoms with Gasteiger partial charge in [-0.2, -0.15) is 15.0 Å². The first-order chi connectivity index (χ1) is 15.7. The Morgan fingerprint density at radius 2 is 1.72 bits per heavy atom. The van der Waals surface area contributed by atoms with Crippen molar-refractivity contribution in [2.24, 2.45) is 11.8 Å². The van der Waals surface area contributed by atoms with E-state index >= 15 is 0 Å². The standard InChI is InChI=1S/C24H23N7O/c1-16-6-7-21-17(10-16)11-25-24(28-21)30-14-18-12-29(13-19(18)15-30)23(32)20-4-2-3-5-22(20)31-26-8-9-27-31/h2-11,18-19H,12-15H2,1H3. The fourth-order valence-corrected chi connectivity index (χ4v) is 4.96. The zero-order valence-corrected chi connectivity index (χ0v) is 17.8. The van der Waals surface area contributed by atoms with Crippen LogP contribution in [0.2, 0.25) is 0 Å². The van der Waals surface area contributed by atoms with Gasteiger partial charge < -0.3 is 9.80 Å². The normalized spacial score (nSPS) is 20.2. The van der Waals surface area contributed by atoms with Gasteiger partial charge in [-0.3, -0.25) is 4.79 Å². The first-order valence-corrected chi connectivity index (χ1v) is 10.9. The predicted octanol–water partition coefficient (Wildman–Crippen LogP) is 2.73. The highest BCUT2D eigenvalue weighted by Gasteiger charge is 2.42. The molecule has 2 aliphatic heterocycles. The van der Waals surface area contributed by atoms with Crippen LogP contribution in [0.4, 0.5) is 5.95 Å². The highest BCUT2D eigenvalue weighted by Crippen LogP contribution is 2.34. The zero-order chi connectivity index (χ0) is 21.7. The molecule has 4 aromatic rings. The van der Waals surface area contributed by atoms with Crippen LogP contribution < -0.4 is 4.90 Å². The van der Waals surface area contributed by atoms with Gasteiger partial charge in [-0.25, -0.2) is 9.97 Å². The topological polar surface area (TPSA) is 80.0 Å². The monoisotopic (exact) mass is 425 g/mol. The molecule has 0 spiro atoms. The van der Waals surface area contributed by atoms with Crippen LogP contribution in [0.15, 0.2) is 61.1 Å². The van der Waals surface area contributed by atoms with Gasteiger partial charge in [0.15, 0.2) is 0 Å². The molecular formula is C24H23N7O. The van der Waals surface area contributed by atoms with Crippen LogP contribution in [0.1, 0.15) is 15.9 Å². The number of likely N-dealkylation sites (tertiary alicyclic amines) is 1. The highest BCUT2D eigenvalue weighted by atomic mass is 16.2. The van der Waals surface area contributed by atoms with Crippen molar-refractivity contribution >= 4 is 22.8 Å². The first-order valence-electron chi connectivity index (χ1n) is 10.9. The second-order valence-corrected chi connectivity index (χ2v) is 8.70. The van der Waals surface area contributed by atoms with Gasteiger partial charge in [0.25, 0.3) is 5.91 Å². The number of carbonyl (C=O) groups is 1.